The fourth-order valence-electron chi connectivity index (χ4n) is 4.82. The Kier molecular flexibility index (Phi) is 7.28. The van der Waals surface area contributed by atoms with Crippen molar-refractivity contribution >= 4 is 23.1 Å². The van der Waals surface area contributed by atoms with Crippen LogP contribution in [0.25, 0.3) is 16.8 Å². The molecule has 1 aliphatic rings. The first kappa shape index (κ1) is 25.3. The molecule has 1 saturated heterocycles. The van der Waals surface area contributed by atoms with E-state index >= 15 is 0 Å². The lowest BCUT2D eigenvalue weighted by atomic mass is 10.1. The fourth-order valence-corrected chi connectivity index (χ4v) is 4.82. The van der Waals surface area contributed by atoms with Crippen LogP contribution in [0.2, 0.25) is 0 Å². The molecule has 1 fully saturated rings. The number of rotatable bonds is 7. The second-order valence-electron chi connectivity index (χ2n) is 9.65. The molecule has 9 nitrogen and oxygen atoms in total. The van der Waals surface area contributed by atoms with E-state index < -0.39 is 0 Å². The number of imidazole rings is 1. The molecule has 1 aliphatic heterocycles. The molecule has 4 heterocycles. The number of nitrogens with one attached hydrogen (secondary N) is 1. The summed E-state index contributed by atoms with van der Waals surface area (Å²) in [6, 6.07) is 12.6. The van der Waals surface area contributed by atoms with E-state index in [4.69, 9.17) is 4.98 Å². The van der Waals surface area contributed by atoms with Crippen molar-refractivity contribution in [3.63, 3.8) is 0 Å². The summed E-state index contributed by atoms with van der Waals surface area (Å²) in [6.07, 6.45) is 10.6. The van der Waals surface area contributed by atoms with Crippen LogP contribution in [0.15, 0.2) is 73.2 Å². The van der Waals surface area contributed by atoms with E-state index in [1.807, 2.05) is 61.3 Å². The van der Waals surface area contributed by atoms with Gasteiger partial charge in [0.05, 0.1) is 22.9 Å². The third-order valence-electron chi connectivity index (χ3n) is 6.66. The quantitative estimate of drug-likeness (QED) is 0.377. The molecule has 0 bridgehead atoms. The number of likely N-dealkylation sites (tertiary alicyclic amines) is 1. The minimum Gasteiger partial charge on any atom is -0.329 e. The van der Waals surface area contributed by atoms with Gasteiger partial charge in [-0.2, -0.15) is 0 Å². The number of pyridine rings is 1. The molecule has 0 spiro atoms. The number of anilines is 1. The third-order valence-corrected chi connectivity index (χ3v) is 6.66. The molecule has 2 amide bonds. The average Bonchev–Trinajstić information content (AvgIpc) is 3.55. The van der Waals surface area contributed by atoms with E-state index in [0.717, 1.165) is 41.1 Å². The van der Waals surface area contributed by atoms with Crippen LogP contribution in [-0.4, -0.2) is 68.2 Å². The van der Waals surface area contributed by atoms with Crippen LogP contribution in [0, 0.1) is 6.92 Å². The second-order valence-corrected chi connectivity index (χ2v) is 9.65. The van der Waals surface area contributed by atoms with Crippen LogP contribution in [0.1, 0.15) is 40.8 Å². The number of amides is 2. The predicted octanol–water partition coefficient (Wildman–Crippen LogP) is 4.13. The zero-order valence-corrected chi connectivity index (χ0v) is 21.8. The molecule has 9 heteroatoms. The number of nitrogens with zero attached hydrogens (tertiary/aromatic N) is 6. The van der Waals surface area contributed by atoms with Gasteiger partial charge in [-0.3, -0.25) is 19.0 Å². The molecule has 194 valence electrons. The van der Waals surface area contributed by atoms with Gasteiger partial charge < -0.3 is 15.1 Å². The normalized spacial score (nSPS) is 15.6. The molecule has 1 N–H and O–H groups in total. The zero-order chi connectivity index (χ0) is 26.6. The van der Waals surface area contributed by atoms with Crippen molar-refractivity contribution in [3.05, 3.63) is 90.3 Å². The summed E-state index contributed by atoms with van der Waals surface area (Å²) < 4.78 is 2.05. The Balaban J connectivity index is 1.45. The smallest absolute Gasteiger partial charge is 0.256 e. The number of benzene rings is 1. The third kappa shape index (κ3) is 5.19. The van der Waals surface area contributed by atoms with E-state index in [2.05, 4.69) is 19.7 Å². The predicted molar refractivity (Wildman–Crippen MR) is 147 cm³/mol. The van der Waals surface area contributed by atoms with Crippen LogP contribution in [0.4, 0.5) is 5.82 Å². The Morgan fingerprint density at radius 1 is 1.11 bits per heavy atom. The number of hydrogen-bond acceptors (Lipinski definition) is 6. The molecule has 3 aromatic heterocycles. The Labute approximate surface area is 221 Å². The molecular weight excluding hydrogens is 478 g/mol. The van der Waals surface area contributed by atoms with E-state index in [1.54, 1.807) is 42.7 Å². The molecule has 0 saturated carbocycles. The average molecular weight is 510 g/mol. The summed E-state index contributed by atoms with van der Waals surface area (Å²) in [7, 11) is 3.95. The molecule has 1 unspecified atom stereocenters. The van der Waals surface area contributed by atoms with Gasteiger partial charge >= 0.3 is 0 Å². The first-order valence-corrected chi connectivity index (χ1v) is 12.7. The first-order valence-electron chi connectivity index (χ1n) is 12.7. The second kappa shape index (κ2) is 10.9. The van der Waals surface area contributed by atoms with Crippen molar-refractivity contribution in [1.29, 1.82) is 0 Å². The summed E-state index contributed by atoms with van der Waals surface area (Å²) in [6.45, 7) is 3.37. The lowest BCUT2D eigenvalue weighted by Gasteiger charge is -2.22. The Hall–Kier alpha value is -4.37. The van der Waals surface area contributed by atoms with Crippen LogP contribution in [-0.2, 0) is 4.79 Å². The minimum absolute atomic E-state index is 0.00157. The molecular formula is C29H31N7O2. The number of carbonyl (C=O) groups is 2. The van der Waals surface area contributed by atoms with Gasteiger partial charge in [0.25, 0.3) is 5.91 Å². The molecule has 0 aliphatic carbocycles. The summed E-state index contributed by atoms with van der Waals surface area (Å²) >= 11 is 0. The monoisotopic (exact) mass is 509 g/mol. The molecule has 5 rings (SSSR count). The summed E-state index contributed by atoms with van der Waals surface area (Å²) in [5, 5.41) is 2.81. The van der Waals surface area contributed by atoms with Crippen molar-refractivity contribution in [2.24, 2.45) is 0 Å². The van der Waals surface area contributed by atoms with Crippen molar-refractivity contribution < 1.29 is 9.59 Å². The number of carbonyl (C=O) groups excluding carboxylic acids is 2. The van der Waals surface area contributed by atoms with Crippen LogP contribution < -0.4 is 5.32 Å². The summed E-state index contributed by atoms with van der Waals surface area (Å²) in [4.78, 5) is 43.4. The highest BCUT2D eigenvalue weighted by Crippen LogP contribution is 2.36. The van der Waals surface area contributed by atoms with E-state index in [-0.39, 0.29) is 17.9 Å². The van der Waals surface area contributed by atoms with Gasteiger partial charge in [0.15, 0.2) is 0 Å². The molecule has 0 radical (unpaired) electrons. The van der Waals surface area contributed by atoms with Crippen molar-refractivity contribution in [2.45, 2.75) is 25.8 Å². The number of aryl methyl sites for hydroxylation is 1. The Morgan fingerprint density at radius 2 is 1.92 bits per heavy atom. The number of aromatic nitrogens is 4. The highest BCUT2D eigenvalue weighted by molar-refractivity contribution is 6.04. The number of hydrogen-bond donors (Lipinski definition) is 1. The highest BCUT2D eigenvalue weighted by Gasteiger charge is 2.33. The van der Waals surface area contributed by atoms with E-state index in [9.17, 15) is 9.59 Å². The summed E-state index contributed by atoms with van der Waals surface area (Å²) in [5.74, 6) is 1.09. The van der Waals surface area contributed by atoms with Gasteiger partial charge in [-0.25, -0.2) is 9.97 Å². The molecule has 38 heavy (non-hydrogen) atoms. The number of likely N-dealkylation sites (N-methyl/N-ethyl adjacent to an activating group) is 1. The molecule has 1 atom stereocenters. The minimum atomic E-state index is -0.231. The van der Waals surface area contributed by atoms with Gasteiger partial charge in [-0.15, -0.1) is 0 Å². The van der Waals surface area contributed by atoms with Crippen molar-refractivity contribution in [1.82, 2.24) is 29.2 Å². The maximum atomic E-state index is 13.1. The maximum Gasteiger partial charge on any atom is 0.256 e. The van der Waals surface area contributed by atoms with Crippen LogP contribution in [0.5, 0.6) is 0 Å². The van der Waals surface area contributed by atoms with Gasteiger partial charge in [0, 0.05) is 48.9 Å². The van der Waals surface area contributed by atoms with Gasteiger partial charge in [-0.1, -0.05) is 24.3 Å². The largest absolute Gasteiger partial charge is 0.329 e. The van der Waals surface area contributed by atoms with Crippen molar-refractivity contribution in [3.8, 4) is 11.3 Å². The Morgan fingerprint density at radius 3 is 2.66 bits per heavy atom. The van der Waals surface area contributed by atoms with Gasteiger partial charge in [0.1, 0.15) is 11.6 Å². The van der Waals surface area contributed by atoms with E-state index in [1.165, 1.54) is 0 Å². The Bertz CT molecular complexity index is 1480. The fraction of sp³-hybridized carbons (Fsp3) is 0.276. The van der Waals surface area contributed by atoms with E-state index in [0.29, 0.717) is 24.5 Å². The van der Waals surface area contributed by atoms with Gasteiger partial charge in [0.2, 0.25) is 5.91 Å². The molecule has 4 aromatic rings. The van der Waals surface area contributed by atoms with Crippen molar-refractivity contribution in [2.75, 3.05) is 32.5 Å². The van der Waals surface area contributed by atoms with Gasteiger partial charge in [-0.05, 0) is 58.1 Å². The van der Waals surface area contributed by atoms with Crippen LogP contribution >= 0.6 is 0 Å². The lowest BCUT2D eigenvalue weighted by Crippen LogP contribution is -2.30. The zero-order valence-electron chi connectivity index (χ0n) is 21.8. The molecule has 1 aromatic carbocycles. The SMILES string of the molecule is Cc1nccn2c(C3CCCN3C(=O)C=CCN(C)C)nc(-c3ccc(C(=O)Nc4ccccn4)cc3)c12. The standard InChI is InChI=1S/C29H31N7O2/c1-20-27-26(21-11-13-22(14-12-21)29(38)32-24-9-4-5-15-31-24)33-28(36(27)19-16-30-20)23-8-6-18-35(23)25(37)10-7-17-34(2)3/h4-5,7,9-16,19,23H,6,8,17-18H2,1-3H3,(H,31,32,38). The van der Waals surface area contributed by atoms with Crippen LogP contribution in [0.3, 0.4) is 0 Å². The number of fused-ring (bicyclic) bond motifs is 1. The lowest BCUT2D eigenvalue weighted by molar-refractivity contribution is -0.127. The maximum absolute atomic E-state index is 13.1. The highest BCUT2D eigenvalue weighted by atomic mass is 16.2. The topological polar surface area (TPSA) is 95.7 Å². The summed E-state index contributed by atoms with van der Waals surface area (Å²) in [5.41, 5.74) is 3.93. The first-order chi connectivity index (χ1) is 18.4.